The lowest BCUT2D eigenvalue weighted by atomic mass is 10.5. The molecular weight excluding hydrogens is 344 g/mol. The van der Waals surface area contributed by atoms with Crippen LogP contribution in [-0.4, -0.2) is 57.3 Å². The lowest BCUT2D eigenvalue weighted by Gasteiger charge is -2.29. The van der Waals surface area contributed by atoms with E-state index in [1.807, 2.05) is 34.6 Å². The highest BCUT2D eigenvalue weighted by molar-refractivity contribution is 6.60. The van der Waals surface area contributed by atoms with Gasteiger partial charge in [0.2, 0.25) is 0 Å². The minimum Gasteiger partial charge on any atom is -0.397 e. The Morgan fingerprint density at radius 1 is 0.917 bits per heavy atom. The van der Waals surface area contributed by atoms with Crippen LogP contribution in [0.3, 0.4) is 0 Å². The van der Waals surface area contributed by atoms with Gasteiger partial charge in [-0.15, -0.1) is 0 Å². The van der Waals surface area contributed by atoms with Gasteiger partial charge in [-0.1, -0.05) is 6.92 Å². The van der Waals surface area contributed by atoms with Gasteiger partial charge in [-0.3, -0.25) is 0 Å². The van der Waals surface area contributed by atoms with Gasteiger partial charge >= 0.3 is 18.1 Å². The van der Waals surface area contributed by atoms with Crippen LogP contribution in [-0.2, 0) is 22.1 Å². The van der Waals surface area contributed by atoms with Crippen LogP contribution in [0.1, 0.15) is 48.0 Å². The highest BCUT2D eigenvalue weighted by Gasteiger charge is 2.39. The van der Waals surface area contributed by atoms with E-state index < -0.39 is 18.1 Å². The van der Waals surface area contributed by atoms with Crippen LogP contribution in [0, 0.1) is 0 Å². The molecule has 0 bridgehead atoms. The summed E-state index contributed by atoms with van der Waals surface area (Å²) in [6, 6.07) is 1.80. The van der Waals surface area contributed by atoms with E-state index in [1.54, 1.807) is 6.92 Å². The van der Waals surface area contributed by atoms with Crippen LogP contribution in [0.4, 0.5) is 0 Å². The summed E-state index contributed by atoms with van der Waals surface area (Å²) in [6.45, 7) is 15.1. The molecule has 0 spiro atoms. The minimum atomic E-state index is -2.46. The number of nitrogens with two attached hydrogens (primary N) is 2. The van der Waals surface area contributed by atoms with Crippen molar-refractivity contribution in [3.63, 3.8) is 0 Å². The molecule has 4 N–H and O–H groups in total. The van der Waals surface area contributed by atoms with Gasteiger partial charge in [0.1, 0.15) is 0 Å². The molecule has 7 nitrogen and oxygen atoms in total. The van der Waals surface area contributed by atoms with E-state index in [-0.39, 0.29) is 6.23 Å². The Balaban J connectivity index is 0. The van der Waals surface area contributed by atoms with Crippen LogP contribution < -0.4 is 11.5 Å². The molecule has 0 amide bonds. The average Bonchev–Trinajstić information content (AvgIpc) is 2.53. The van der Waals surface area contributed by atoms with E-state index in [2.05, 4.69) is 0 Å². The monoisotopic (exact) mass is 384 g/mol. The van der Waals surface area contributed by atoms with Crippen molar-refractivity contribution in [2.75, 3.05) is 33.0 Å². The normalized spacial score (nSPS) is 12.9. The van der Waals surface area contributed by atoms with Crippen LogP contribution in [0.5, 0.6) is 0 Å². The standard InChI is InChI=1S/C8H21NO3Si.C7H19NO2Si/c1-5-10-13(7-3,11-6-2)12-8(4)9;1-3-9-11(10-4-2)7-5-6-8/h8H,5-7,9H2,1-4H3;11H,3-8H2,1-2H3. The molecule has 0 aliphatic heterocycles. The molecule has 0 aromatic heterocycles. The maximum absolute atomic E-state index is 5.57. The molecular formula is C15H40N2O5Si2. The van der Waals surface area contributed by atoms with E-state index in [9.17, 15) is 0 Å². The molecule has 0 aromatic rings. The molecule has 0 saturated carbocycles. The molecule has 148 valence electrons. The van der Waals surface area contributed by atoms with Crippen LogP contribution in [0.2, 0.25) is 12.1 Å². The molecule has 9 heteroatoms. The van der Waals surface area contributed by atoms with Gasteiger partial charge in [0.15, 0.2) is 0 Å². The Morgan fingerprint density at radius 3 is 1.71 bits per heavy atom. The Morgan fingerprint density at radius 2 is 1.42 bits per heavy atom. The van der Waals surface area contributed by atoms with Gasteiger partial charge in [-0.2, -0.15) is 0 Å². The van der Waals surface area contributed by atoms with Crippen molar-refractivity contribution in [1.82, 2.24) is 0 Å². The molecule has 1 atom stereocenters. The van der Waals surface area contributed by atoms with Crippen molar-refractivity contribution in [2.24, 2.45) is 11.5 Å². The second-order valence-electron chi connectivity index (χ2n) is 5.00. The first kappa shape index (κ1) is 26.4. The van der Waals surface area contributed by atoms with Crippen molar-refractivity contribution in [3.8, 4) is 0 Å². The highest BCUT2D eigenvalue weighted by atomic mass is 28.4. The highest BCUT2D eigenvalue weighted by Crippen LogP contribution is 2.15. The van der Waals surface area contributed by atoms with E-state index in [1.165, 1.54) is 0 Å². The Bertz CT molecular complexity index is 252. The zero-order valence-electron chi connectivity index (χ0n) is 16.5. The van der Waals surface area contributed by atoms with Gasteiger partial charge in [0.05, 0.1) is 6.23 Å². The fourth-order valence-corrected chi connectivity index (χ4v) is 5.97. The zero-order chi connectivity index (χ0) is 18.8. The summed E-state index contributed by atoms with van der Waals surface area (Å²) in [4.78, 5) is 0. The third kappa shape index (κ3) is 14.5. The second-order valence-corrected chi connectivity index (χ2v) is 9.99. The summed E-state index contributed by atoms with van der Waals surface area (Å²) in [5, 5.41) is 0. The molecule has 0 aliphatic rings. The number of rotatable bonds is 14. The molecule has 0 aliphatic carbocycles. The quantitative estimate of drug-likeness (QED) is 0.349. The first-order valence-corrected chi connectivity index (χ1v) is 12.8. The van der Waals surface area contributed by atoms with E-state index >= 15 is 0 Å². The van der Waals surface area contributed by atoms with Crippen molar-refractivity contribution in [3.05, 3.63) is 0 Å². The first-order chi connectivity index (χ1) is 11.4. The molecule has 24 heavy (non-hydrogen) atoms. The molecule has 0 saturated heterocycles. The predicted molar refractivity (Wildman–Crippen MR) is 103 cm³/mol. The summed E-state index contributed by atoms with van der Waals surface area (Å²) < 4.78 is 27.5. The summed E-state index contributed by atoms with van der Waals surface area (Å²) in [7, 11) is -3.79. The summed E-state index contributed by atoms with van der Waals surface area (Å²) >= 11 is 0. The van der Waals surface area contributed by atoms with Crippen LogP contribution in [0.15, 0.2) is 0 Å². The van der Waals surface area contributed by atoms with Gasteiger partial charge < -0.3 is 33.6 Å². The zero-order valence-corrected chi connectivity index (χ0v) is 18.7. The lowest BCUT2D eigenvalue weighted by Crippen LogP contribution is -2.49. The number of hydrogen-bond donors (Lipinski definition) is 2. The second kappa shape index (κ2) is 18.0. The maximum Gasteiger partial charge on any atom is 0.501 e. The molecule has 0 rings (SSSR count). The third-order valence-electron chi connectivity index (χ3n) is 2.88. The lowest BCUT2D eigenvalue weighted by molar-refractivity contribution is 0.0416. The van der Waals surface area contributed by atoms with E-state index in [0.29, 0.717) is 13.2 Å². The smallest absolute Gasteiger partial charge is 0.397 e. The van der Waals surface area contributed by atoms with Crippen molar-refractivity contribution in [1.29, 1.82) is 0 Å². The molecule has 0 heterocycles. The van der Waals surface area contributed by atoms with Crippen LogP contribution >= 0.6 is 0 Å². The van der Waals surface area contributed by atoms with Gasteiger partial charge in [-0.05, 0) is 53.6 Å². The van der Waals surface area contributed by atoms with Gasteiger partial charge in [0, 0.05) is 32.5 Å². The summed E-state index contributed by atoms with van der Waals surface area (Å²) in [5.74, 6) is 0. The predicted octanol–water partition coefficient (Wildman–Crippen LogP) is 1.97. The SMILES string of the molecule is CCO[SiH](CCCN)OCC.CCO[Si](CC)(OCC)OC(C)N. The fourth-order valence-electron chi connectivity index (χ4n) is 1.99. The average molecular weight is 385 g/mol. The van der Waals surface area contributed by atoms with Crippen molar-refractivity contribution < 1.29 is 22.1 Å². The summed E-state index contributed by atoms with van der Waals surface area (Å²) in [5.41, 5.74) is 10.9. The molecule has 0 radical (unpaired) electrons. The van der Waals surface area contributed by atoms with Crippen molar-refractivity contribution in [2.45, 2.75) is 66.3 Å². The Hall–Kier alpha value is 0.154. The Labute approximate surface area is 151 Å². The number of hydrogen-bond acceptors (Lipinski definition) is 7. The van der Waals surface area contributed by atoms with Gasteiger partial charge in [0.25, 0.3) is 0 Å². The fraction of sp³-hybridized carbons (Fsp3) is 1.00. The van der Waals surface area contributed by atoms with Crippen LogP contribution in [0.25, 0.3) is 0 Å². The molecule has 0 fully saturated rings. The topological polar surface area (TPSA) is 98.2 Å². The summed E-state index contributed by atoms with van der Waals surface area (Å²) in [6.07, 6.45) is 0.696. The van der Waals surface area contributed by atoms with E-state index in [0.717, 1.165) is 38.3 Å². The van der Waals surface area contributed by atoms with Crippen molar-refractivity contribution >= 4 is 18.1 Å². The maximum atomic E-state index is 5.57. The van der Waals surface area contributed by atoms with Gasteiger partial charge in [-0.25, -0.2) is 0 Å². The molecule has 1 unspecified atom stereocenters. The Kier molecular flexibility index (Phi) is 19.7. The third-order valence-corrected chi connectivity index (χ3v) is 8.22. The largest absolute Gasteiger partial charge is 0.501 e. The first-order valence-electron chi connectivity index (χ1n) is 9.09. The molecule has 0 aromatic carbocycles. The minimum absolute atomic E-state index is 0.329. The van der Waals surface area contributed by atoms with E-state index in [4.69, 9.17) is 33.6 Å².